The highest BCUT2D eigenvalue weighted by Crippen LogP contribution is 2.22. The van der Waals surface area contributed by atoms with Crippen LogP contribution in [0.15, 0.2) is 24.3 Å². The fraction of sp³-hybridized carbons (Fsp3) is 0.429. The van der Waals surface area contributed by atoms with E-state index in [1.165, 1.54) is 12.1 Å². The fourth-order valence-corrected chi connectivity index (χ4v) is 2.27. The molecule has 1 N–H and O–H groups in total. The van der Waals surface area contributed by atoms with Crippen LogP contribution in [0.3, 0.4) is 0 Å². The Bertz CT molecular complexity index is 494. The van der Waals surface area contributed by atoms with Crippen LogP contribution in [-0.4, -0.2) is 25.0 Å². The maximum atomic E-state index is 13.0. The lowest BCUT2D eigenvalue weighted by Crippen LogP contribution is -2.44. The van der Waals surface area contributed by atoms with E-state index in [4.69, 9.17) is 5.26 Å². The average molecular weight is 261 g/mol. The molecule has 100 valence electrons. The van der Waals surface area contributed by atoms with E-state index in [1.807, 2.05) is 17.9 Å². The Morgan fingerprint density at radius 1 is 1.47 bits per heavy atom. The Morgan fingerprint density at radius 2 is 2.16 bits per heavy atom. The second-order valence-electron chi connectivity index (χ2n) is 4.86. The lowest BCUT2D eigenvalue weighted by Gasteiger charge is -2.30. The van der Waals surface area contributed by atoms with Crippen LogP contribution in [0.4, 0.5) is 10.1 Å². The maximum Gasteiger partial charge on any atom is 0.243 e. The summed E-state index contributed by atoms with van der Waals surface area (Å²) in [5.41, 5.74) is 0.769. The molecule has 1 aromatic rings. The molecule has 0 aliphatic carbocycles. The smallest absolute Gasteiger partial charge is 0.243 e. The van der Waals surface area contributed by atoms with Crippen molar-refractivity contribution in [2.24, 2.45) is 5.92 Å². The zero-order valence-corrected chi connectivity index (χ0v) is 10.8. The molecule has 0 bridgehead atoms. The van der Waals surface area contributed by atoms with Crippen molar-refractivity contribution in [3.63, 3.8) is 0 Å². The van der Waals surface area contributed by atoms with E-state index >= 15 is 0 Å². The van der Waals surface area contributed by atoms with Gasteiger partial charge in [-0.2, -0.15) is 5.26 Å². The first kappa shape index (κ1) is 13.3. The first-order valence-electron chi connectivity index (χ1n) is 6.28. The van der Waals surface area contributed by atoms with Crippen LogP contribution in [0, 0.1) is 23.1 Å². The molecule has 19 heavy (non-hydrogen) atoms. The van der Waals surface area contributed by atoms with Crippen LogP contribution >= 0.6 is 0 Å². The largest absolute Gasteiger partial charge is 0.358 e. The number of nitrogens with one attached hydrogen (secondary N) is 1. The van der Waals surface area contributed by atoms with Gasteiger partial charge in [0, 0.05) is 18.8 Å². The number of hydrogen-bond acceptors (Lipinski definition) is 3. The Balaban J connectivity index is 2.33. The Labute approximate surface area is 111 Å². The summed E-state index contributed by atoms with van der Waals surface area (Å²) in [6.07, 6.45) is 0.121. The molecule has 0 spiro atoms. The predicted molar refractivity (Wildman–Crippen MR) is 69.9 cm³/mol. The van der Waals surface area contributed by atoms with E-state index in [0.717, 1.165) is 5.69 Å². The monoisotopic (exact) mass is 261 g/mol. The summed E-state index contributed by atoms with van der Waals surface area (Å²) in [5, 5.41) is 11.7. The van der Waals surface area contributed by atoms with Crippen molar-refractivity contribution in [2.75, 3.05) is 18.0 Å². The summed E-state index contributed by atoms with van der Waals surface area (Å²) in [5.74, 6) is -0.180. The van der Waals surface area contributed by atoms with Crippen LogP contribution in [0.1, 0.15) is 13.3 Å². The Kier molecular flexibility index (Phi) is 4.00. The van der Waals surface area contributed by atoms with Crippen molar-refractivity contribution in [1.29, 1.82) is 5.26 Å². The van der Waals surface area contributed by atoms with Crippen LogP contribution in [-0.2, 0) is 4.79 Å². The molecule has 2 atom stereocenters. The molecule has 1 aromatic carbocycles. The Hall–Kier alpha value is -2.09. The van der Waals surface area contributed by atoms with Gasteiger partial charge in [0.05, 0.1) is 12.5 Å². The third kappa shape index (κ3) is 3.02. The SMILES string of the molecule is CC1CNC(=O)C(CC#N)N(c2ccc(F)cc2)C1. The van der Waals surface area contributed by atoms with Gasteiger partial charge >= 0.3 is 0 Å². The minimum Gasteiger partial charge on any atom is -0.358 e. The zero-order chi connectivity index (χ0) is 13.8. The molecule has 2 rings (SSSR count). The molecule has 1 fully saturated rings. The molecular formula is C14H16FN3O. The number of halogens is 1. The van der Waals surface area contributed by atoms with Crippen molar-refractivity contribution >= 4 is 11.6 Å². The molecule has 1 aliphatic heterocycles. The standard InChI is InChI=1S/C14H16FN3O/c1-10-8-17-14(19)13(6-7-16)18(9-10)12-4-2-11(15)3-5-12/h2-5,10,13H,6,8-9H2,1H3,(H,17,19). The van der Waals surface area contributed by atoms with E-state index in [9.17, 15) is 9.18 Å². The van der Waals surface area contributed by atoms with Crippen LogP contribution in [0.5, 0.6) is 0 Å². The fourth-order valence-electron chi connectivity index (χ4n) is 2.27. The molecule has 1 heterocycles. The molecule has 5 heteroatoms. The topological polar surface area (TPSA) is 56.1 Å². The summed E-state index contributed by atoms with van der Waals surface area (Å²) in [4.78, 5) is 13.9. The summed E-state index contributed by atoms with van der Waals surface area (Å²) in [6.45, 7) is 3.29. The van der Waals surface area contributed by atoms with Gasteiger partial charge in [0.1, 0.15) is 11.9 Å². The van der Waals surface area contributed by atoms with Gasteiger partial charge in [0.2, 0.25) is 5.91 Å². The number of rotatable bonds is 2. The van der Waals surface area contributed by atoms with Gasteiger partial charge in [0.25, 0.3) is 0 Å². The van der Waals surface area contributed by atoms with E-state index in [2.05, 4.69) is 5.32 Å². The molecule has 0 saturated carbocycles. The van der Waals surface area contributed by atoms with E-state index in [-0.39, 0.29) is 24.1 Å². The van der Waals surface area contributed by atoms with Crippen molar-refractivity contribution < 1.29 is 9.18 Å². The van der Waals surface area contributed by atoms with Gasteiger partial charge in [-0.25, -0.2) is 4.39 Å². The molecule has 4 nitrogen and oxygen atoms in total. The molecule has 1 saturated heterocycles. The lowest BCUT2D eigenvalue weighted by molar-refractivity contribution is -0.122. The summed E-state index contributed by atoms with van der Waals surface area (Å²) < 4.78 is 13.0. The number of benzene rings is 1. The number of hydrogen-bond donors (Lipinski definition) is 1. The van der Waals surface area contributed by atoms with E-state index in [0.29, 0.717) is 13.1 Å². The van der Waals surface area contributed by atoms with E-state index < -0.39 is 6.04 Å². The number of nitrogens with zero attached hydrogens (tertiary/aromatic N) is 2. The van der Waals surface area contributed by atoms with E-state index in [1.54, 1.807) is 12.1 Å². The first-order chi connectivity index (χ1) is 9.11. The normalized spacial score (nSPS) is 23.4. The molecule has 1 aliphatic rings. The van der Waals surface area contributed by atoms with Crippen LogP contribution in [0.25, 0.3) is 0 Å². The second kappa shape index (κ2) is 5.70. The highest BCUT2D eigenvalue weighted by Gasteiger charge is 2.30. The minimum atomic E-state index is -0.514. The predicted octanol–water partition coefficient (Wildman–Crippen LogP) is 1.68. The number of carbonyl (C=O) groups excluding carboxylic acids is 1. The summed E-state index contributed by atoms with van der Waals surface area (Å²) >= 11 is 0. The number of anilines is 1. The van der Waals surface area contributed by atoms with Crippen molar-refractivity contribution in [2.45, 2.75) is 19.4 Å². The van der Waals surface area contributed by atoms with Gasteiger partial charge in [-0.05, 0) is 30.2 Å². The van der Waals surface area contributed by atoms with Gasteiger partial charge in [-0.3, -0.25) is 4.79 Å². The zero-order valence-electron chi connectivity index (χ0n) is 10.8. The molecule has 1 amide bonds. The maximum absolute atomic E-state index is 13.0. The molecular weight excluding hydrogens is 245 g/mol. The van der Waals surface area contributed by atoms with Gasteiger partial charge in [-0.15, -0.1) is 0 Å². The summed E-state index contributed by atoms with van der Waals surface area (Å²) in [7, 11) is 0. The molecule has 0 aromatic heterocycles. The van der Waals surface area contributed by atoms with Gasteiger partial charge < -0.3 is 10.2 Å². The van der Waals surface area contributed by atoms with Gasteiger partial charge in [-0.1, -0.05) is 6.92 Å². The Morgan fingerprint density at radius 3 is 2.79 bits per heavy atom. The third-order valence-corrected chi connectivity index (χ3v) is 3.25. The first-order valence-corrected chi connectivity index (χ1v) is 6.28. The van der Waals surface area contributed by atoms with Crippen LogP contribution < -0.4 is 10.2 Å². The molecule has 0 radical (unpaired) electrons. The quantitative estimate of drug-likeness (QED) is 0.881. The summed E-state index contributed by atoms with van der Waals surface area (Å²) in [6, 6.07) is 7.55. The number of nitriles is 1. The lowest BCUT2D eigenvalue weighted by atomic mass is 10.1. The average Bonchev–Trinajstić information content (AvgIpc) is 2.53. The highest BCUT2D eigenvalue weighted by atomic mass is 19.1. The van der Waals surface area contributed by atoms with Gasteiger partial charge in [0.15, 0.2) is 0 Å². The van der Waals surface area contributed by atoms with Crippen molar-refractivity contribution in [3.8, 4) is 6.07 Å². The van der Waals surface area contributed by atoms with Crippen molar-refractivity contribution in [3.05, 3.63) is 30.1 Å². The van der Waals surface area contributed by atoms with Crippen LogP contribution in [0.2, 0.25) is 0 Å². The van der Waals surface area contributed by atoms with Crippen molar-refractivity contribution in [1.82, 2.24) is 5.32 Å². The minimum absolute atomic E-state index is 0.121. The molecule has 2 unspecified atom stereocenters. The highest BCUT2D eigenvalue weighted by molar-refractivity contribution is 5.86. The third-order valence-electron chi connectivity index (χ3n) is 3.25. The second-order valence-corrected chi connectivity index (χ2v) is 4.86. The number of carbonyl (C=O) groups is 1. The number of amides is 1.